The van der Waals surface area contributed by atoms with Crippen molar-refractivity contribution in [2.45, 2.75) is 25.7 Å². The van der Waals surface area contributed by atoms with Crippen molar-refractivity contribution in [2.24, 2.45) is 0 Å². The molecule has 0 aliphatic heterocycles. The first-order valence-electron chi connectivity index (χ1n) is 4.90. The lowest BCUT2D eigenvalue weighted by Crippen LogP contribution is -2.00. The Kier molecular flexibility index (Phi) is 1.79. The van der Waals surface area contributed by atoms with Gasteiger partial charge < -0.3 is 5.73 Å². The maximum atomic E-state index is 5.81. The Hall–Kier alpha value is -1.43. The Balaban J connectivity index is 2.00. The third-order valence-electron chi connectivity index (χ3n) is 2.40. The summed E-state index contributed by atoms with van der Waals surface area (Å²) in [5.41, 5.74) is 6.71. The minimum atomic E-state index is 0.617. The maximum Gasteiger partial charge on any atom is 0.234 e. The van der Waals surface area contributed by atoms with Crippen LogP contribution in [-0.4, -0.2) is 20.0 Å². The Morgan fingerprint density at radius 1 is 1.47 bits per heavy atom. The molecular formula is C9H11N5S. The van der Waals surface area contributed by atoms with Crippen LogP contribution in [0.25, 0.3) is 5.13 Å². The van der Waals surface area contributed by atoms with Crippen LogP contribution in [0.3, 0.4) is 0 Å². The number of nitrogen functional groups attached to an aromatic ring is 1. The van der Waals surface area contributed by atoms with E-state index in [0.717, 1.165) is 15.8 Å². The molecule has 0 saturated heterocycles. The molecule has 2 heterocycles. The van der Waals surface area contributed by atoms with Gasteiger partial charge in [-0.1, -0.05) is 11.3 Å². The molecule has 1 fully saturated rings. The minimum absolute atomic E-state index is 0.617. The van der Waals surface area contributed by atoms with Gasteiger partial charge in [-0.15, -0.1) is 10.2 Å². The summed E-state index contributed by atoms with van der Waals surface area (Å²) in [6, 6.07) is 1.83. The van der Waals surface area contributed by atoms with Gasteiger partial charge in [-0.3, -0.25) is 0 Å². The molecule has 2 aromatic rings. The molecular weight excluding hydrogens is 210 g/mol. The minimum Gasteiger partial charge on any atom is -0.383 e. The van der Waals surface area contributed by atoms with Crippen molar-refractivity contribution in [1.82, 2.24) is 20.0 Å². The average molecular weight is 221 g/mol. The summed E-state index contributed by atoms with van der Waals surface area (Å²) >= 11 is 1.58. The monoisotopic (exact) mass is 221 g/mol. The number of aromatic nitrogens is 4. The van der Waals surface area contributed by atoms with E-state index >= 15 is 0 Å². The standard InChI is InChI=1S/C9H11N5S/c1-5-4-7(10)14(13-5)9-12-11-8(15-9)6-2-3-6/h4,6H,2-3,10H2,1H3. The number of anilines is 1. The summed E-state index contributed by atoms with van der Waals surface area (Å²) < 4.78 is 1.65. The van der Waals surface area contributed by atoms with E-state index in [2.05, 4.69) is 15.3 Å². The van der Waals surface area contributed by atoms with Gasteiger partial charge in [0.15, 0.2) is 0 Å². The van der Waals surface area contributed by atoms with Crippen molar-refractivity contribution in [1.29, 1.82) is 0 Å². The molecule has 1 aliphatic rings. The van der Waals surface area contributed by atoms with E-state index in [4.69, 9.17) is 5.73 Å². The normalized spacial score (nSPS) is 15.8. The average Bonchev–Trinajstić information content (AvgIpc) is 2.83. The summed E-state index contributed by atoms with van der Waals surface area (Å²) in [4.78, 5) is 0. The van der Waals surface area contributed by atoms with Crippen molar-refractivity contribution in [3.8, 4) is 5.13 Å². The largest absolute Gasteiger partial charge is 0.383 e. The number of hydrogen-bond donors (Lipinski definition) is 1. The Labute approximate surface area is 90.9 Å². The van der Waals surface area contributed by atoms with Crippen molar-refractivity contribution in [3.05, 3.63) is 16.8 Å². The van der Waals surface area contributed by atoms with Crippen LogP contribution in [0, 0.1) is 6.92 Å². The van der Waals surface area contributed by atoms with Crippen LogP contribution in [0.1, 0.15) is 29.5 Å². The second kappa shape index (κ2) is 3.03. The molecule has 0 spiro atoms. The van der Waals surface area contributed by atoms with E-state index in [1.165, 1.54) is 12.8 Å². The predicted molar refractivity (Wildman–Crippen MR) is 58.2 cm³/mol. The van der Waals surface area contributed by atoms with Gasteiger partial charge in [-0.25, -0.2) is 0 Å². The predicted octanol–water partition coefficient (Wildman–Crippen LogP) is 1.49. The third kappa shape index (κ3) is 1.50. The van der Waals surface area contributed by atoms with Gasteiger partial charge in [0, 0.05) is 12.0 Å². The van der Waals surface area contributed by atoms with Crippen molar-refractivity contribution in [2.75, 3.05) is 5.73 Å². The molecule has 2 N–H and O–H groups in total. The highest BCUT2D eigenvalue weighted by molar-refractivity contribution is 7.13. The highest BCUT2D eigenvalue weighted by Gasteiger charge is 2.28. The zero-order valence-electron chi connectivity index (χ0n) is 8.34. The van der Waals surface area contributed by atoms with Crippen molar-refractivity contribution >= 4 is 17.2 Å². The third-order valence-corrected chi connectivity index (χ3v) is 3.46. The lowest BCUT2D eigenvalue weighted by Gasteiger charge is -1.95. The van der Waals surface area contributed by atoms with E-state index in [-0.39, 0.29) is 0 Å². The fourth-order valence-electron chi connectivity index (χ4n) is 1.48. The van der Waals surface area contributed by atoms with E-state index < -0.39 is 0 Å². The number of nitrogens with zero attached hydrogens (tertiary/aromatic N) is 4. The van der Waals surface area contributed by atoms with Gasteiger partial charge in [-0.2, -0.15) is 9.78 Å². The van der Waals surface area contributed by atoms with Gasteiger partial charge in [0.2, 0.25) is 5.13 Å². The van der Waals surface area contributed by atoms with Gasteiger partial charge in [-0.05, 0) is 19.8 Å². The van der Waals surface area contributed by atoms with E-state index in [1.54, 1.807) is 16.0 Å². The Morgan fingerprint density at radius 2 is 2.27 bits per heavy atom. The molecule has 6 heteroatoms. The first-order chi connectivity index (χ1) is 7.24. The van der Waals surface area contributed by atoms with Gasteiger partial charge in [0.1, 0.15) is 10.8 Å². The fraction of sp³-hybridized carbons (Fsp3) is 0.444. The van der Waals surface area contributed by atoms with Crippen LogP contribution in [0.4, 0.5) is 5.82 Å². The van der Waals surface area contributed by atoms with Crippen LogP contribution in [0.5, 0.6) is 0 Å². The van der Waals surface area contributed by atoms with Crippen molar-refractivity contribution < 1.29 is 0 Å². The van der Waals surface area contributed by atoms with Gasteiger partial charge >= 0.3 is 0 Å². The first-order valence-corrected chi connectivity index (χ1v) is 5.71. The molecule has 15 heavy (non-hydrogen) atoms. The summed E-state index contributed by atoms with van der Waals surface area (Å²) in [6.45, 7) is 1.91. The summed E-state index contributed by atoms with van der Waals surface area (Å²) in [5.74, 6) is 1.25. The molecule has 0 radical (unpaired) electrons. The number of hydrogen-bond acceptors (Lipinski definition) is 5. The van der Waals surface area contributed by atoms with Crippen LogP contribution < -0.4 is 5.73 Å². The zero-order chi connectivity index (χ0) is 10.4. The molecule has 0 amide bonds. The molecule has 3 rings (SSSR count). The number of nitrogens with two attached hydrogens (primary N) is 1. The lowest BCUT2D eigenvalue weighted by molar-refractivity contribution is 0.835. The SMILES string of the molecule is Cc1cc(N)n(-c2nnc(C3CC3)s2)n1. The second-order valence-electron chi connectivity index (χ2n) is 3.82. The Bertz CT molecular complexity index is 496. The van der Waals surface area contributed by atoms with Gasteiger partial charge in [0.05, 0.1) is 5.69 Å². The maximum absolute atomic E-state index is 5.81. The van der Waals surface area contributed by atoms with Crippen molar-refractivity contribution in [3.63, 3.8) is 0 Å². The molecule has 0 unspecified atom stereocenters. The summed E-state index contributed by atoms with van der Waals surface area (Å²) in [5, 5.41) is 14.4. The Morgan fingerprint density at radius 3 is 2.87 bits per heavy atom. The fourth-order valence-corrected chi connectivity index (χ4v) is 2.47. The molecule has 2 aromatic heterocycles. The molecule has 1 aliphatic carbocycles. The topological polar surface area (TPSA) is 69.6 Å². The molecule has 0 atom stereocenters. The van der Waals surface area contributed by atoms with E-state index in [9.17, 15) is 0 Å². The van der Waals surface area contributed by atoms with Crippen LogP contribution in [0.2, 0.25) is 0 Å². The first kappa shape index (κ1) is 8.84. The highest BCUT2D eigenvalue weighted by atomic mass is 32.1. The second-order valence-corrected chi connectivity index (χ2v) is 4.81. The number of rotatable bonds is 2. The quantitative estimate of drug-likeness (QED) is 0.834. The molecule has 5 nitrogen and oxygen atoms in total. The lowest BCUT2D eigenvalue weighted by atomic mass is 10.5. The number of aryl methyl sites for hydroxylation is 1. The van der Waals surface area contributed by atoms with Crippen LogP contribution in [-0.2, 0) is 0 Å². The zero-order valence-corrected chi connectivity index (χ0v) is 9.16. The van der Waals surface area contributed by atoms with Gasteiger partial charge in [0.25, 0.3) is 0 Å². The smallest absolute Gasteiger partial charge is 0.234 e. The van der Waals surface area contributed by atoms with Crippen LogP contribution >= 0.6 is 11.3 Å². The molecule has 0 aromatic carbocycles. The summed E-state index contributed by atoms with van der Waals surface area (Å²) in [6.07, 6.45) is 2.48. The molecule has 78 valence electrons. The summed E-state index contributed by atoms with van der Waals surface area (Å²) in [7, 11) is 0. The molecule has 0 bridgehead atoms. The van der Waals surface area contributed by atoms with E-state index in [1.807, 2.05) is 13.0 Å². The molecule has 1 saturated carbocycles. The van der Waals surface area contributed by atoms with E-state index in [0.29, 0.717) is 11.7 Å². The van der Waals surface area contributed by atoms with Crippen LogP contribution in [0.15, 0.2) is 6.07 Å². The highest BCUT2D eigenvalue weighted by Crippen LogP contribution is 2.41.